The van der Waals surface area contributed by atoms with Crippen LogP contribution >= 0.6 is 0 Å². The highest BCUT2D eigenvalue weighted by atomic mass is 19.2. The summed E-state index contributed by atoms with van der Waals surface area (Å²) in [4.78, 5) is 10.8. The van der Waals surface area contributed by atoms with Crippen LogP contribution in [0.3, 0.4) is 0 Å². The summed E-state index contributed by atoms with van der Waals surface area (Å²) < 4.78 is 52.0. The molecule has 110 valence electrons. The van der Waals surface area contributed by atoms with Crippen LogP contribution in [-0.4, -0.2) is 11.1 Å². The number of carboxylic acid groups (broad SMARTS) is 1. The number of carbonyl (C=O) groups is 1. The Labute approximate surface area is 116 Å². The molecule has 0 unspecified atom stereocenters. The third-order valence-electron chi connectivity index (χ3n) is 2.74. The highest BCUT2D eigenvalue weighted by Crippen LogP contribution is 2.18. The summed E-state index contributed by atoms with van der Waals surface area (Å²) in [6.45, 7) is -0.0845. The van der Waals surface area contributed by atoms with Gasteiger partial charge < -0.3 is 10.4 Å². The molecule has 0 aliphatic heterocycles. The number of nitrogens with one attached hydrogen (secondary N) is 1. The first-order chi connectivity index (χ1) is 9.88. The van der Waals surface area contributed by atoms with Crippen molar-refractivity contribution < 1.29 is 27.5 Å². The van der Waals surface area contributed by atoms with Crippen molar-refractivity contribution in [3.8, 4) is 0 Å². The minimum atomic E-state index is -1.56. The zero-order chi connectivity index (χ0) is 15.6. The van der Waals surface area contributed by atoms with Gasteiger partial charge in [0.2, 0.25) is 0 Å². The molecule has 0 aliphatic rings. The molecule has 0 fully saturated rings. The number of aromatic carboxylic acids is 1. The van der Waals surface area contributed by atoms with E-state index in [9.17, 15) is 22.4 Å². The molecule has 0 spiro atoms. The Morgan fingerprint density at radius 3 is 2.19 bits per heavy atom. The fraction of sp³-hybridized carbons (Fsp3) is 0.0714. The molecule has 7 heteroatoms. The lowest BCUT2D eigenvalue weighted by Gasteiger charge is -2.08. The van der Waals surface area contributed by atoms with Crippen molar-refractivity contribution >= 4 is 11.7 Å². The molecule has 2 rings (SSSR count). The molecule has 2 aromatic rings. The molecule has 0 atom stereocenters. The Morgan fingerprint density at radius 2 is 1.62 bits per heavy atom. The predicted molar refractivity (Wildman–Crippen MR) is 67.0 cm³/mol. The summed E-state index contributed by atoms with van der Waals surface area (Å²) >= 11 is 0. The second-order valence-corrected chi connectivity index (χ2v) is 4.23. The van der Waals surface area contributed by atoms with Crippen molar-refractivity contribution in [2.45, 2.75) is 6.54 Å². The summed E-state index contributed by atoms with van der Waals surface area (Å²) in [5.41, 5.74) is -0.164. The number of hydrogen-bond acceptors (Lipinski definition) is 2. The lowest BCUT2D eigenvalue weighted by atomic mass is 10.1. The number of carboxylic acids is 1. The van der Waals surface area contributed by atoms with Crippen LogP contribution < -0.4 is 5.32 Å². The molecular formula is C14H9F4NO2. The monoisotopic (exact) mass is 299 g/mol. The number of benzene rings is 2. The number of rotatable bonds is 4. The van der Waals surface area contributed by atoms with E-state index in [0.29, 0.717) is 0 Å². The molecule has 0 aliphatic carbocycles. The first-order valence-corrected chi connectivity index (χ1v) is 5.78. The molecule has 0 radical (unpaired) electrons. The van der Waals surface area contributed by atoms with E-state index in [-0.39, 0.29) is 17.8 Å². The molecule has 0 saturated carbocycles. The van der Waals surface area contributed by atoms with Crippen molar-refractivity contribution in [2.24, 2.45) is 0 Å². The van der Waals surface area contributed by atoms with Gasteiger partial charge in [-0.05, 0) is 35.9 Å². The fourth-order valence-electron chi connectivity index (χ4n) is 1.71. The third-order valence-corrected chi connectivity index (χ3v) is 2.74. The smallest absolute Gasteiger partial charge is 0.338 e. The third kappa shape index (κ3) is 3.31. The van der Waals surface area contributed by atoms with Crippen molar-refractivity contribution in [1.29, 1.82) is 0 Å². The zero-order valence-corrected chi connectivity index (χ0v) is 10.5. The van der Waals surface area contributed by atoms with Crippen molar-refractivity contribution in [3.63, 3.8) is 0 Å². The first kappa shape index (κ1) is 14.8. The molecule has 2 aromatic carbocycles. The highest BCUT2D eigenvalue weighted by Gasteiger charge is 2.12. The zero-order valence-electron chi connectivity index (χ0n) is 10.5. The normalized spacial score (nSPS) is 10.5. The van der Waals surface area contributed by atoms with Crippen molar-refractivity contribution in [3.05, 3.63) is 64.7 Å². The Kier molecular flexibility index (Phi) is 4.11. The lowest BCUT2D eigenvalue weighted by Crippen LogP contribution is -2.05. The van der Waals surface area contributed by atoms with E-state index in [1.807, 2.05) is 0 Å². The van der Waals surface area contributed by atoms with E-state index in [1.165, 1.54) is 6.07 Å². The summed E-state index contributed by atoms with van der Waals surface area (Å²) in [7, 11) is 0. The average molecular weight is 299 g/mol. The van der Waals surface area contributed by atoms with E-state index in [0.717, 1.165) is 24.3 Å². The van der Waals surface area contributed by atoms with E-state index < -0.39 is 34.8 Å². The molecule has 0 heterocycles. The van der Waals surface area contributed by atoms with E-state index in [2.05, 4.69) is 5.32 Å². The van der Waals surface area contributed by atoms with Gasteiger partial charge in [-0.2, -0.15) is 0 Å². The van der Waals surface area contributed by atoms with Crippen LogP contribution in [0.2, 0.25) is 0 Å². The van der Waals surface area contributed by atoms with Gasteiger partial charge in [-0.1, -0.05) is 0 Å². The molecule has 0 amide bonds. The van der Waals surface area contributed by atoms with Gasteiger partial charge in [0.15, 0.2) is 17.5 Å². The largest absolute Gasteiger partial charge is 0.478 e. The van der Waals surface area contributed by atoms with Gasteiger partial charge in [-0.15, -0.1) is 0 Å². The Bertz CT molecular complexity index is 680. The van der Waals surface area contributed by atoms with Gasteiger partial charge in [-0.25, -0.2) is 22.4 Å². The van der Waals surface area contributed by atoms with Crippen LogP contribution in [0.1, 0.15) is 15.9 Å². The maximum atomic E-state index is 13.2. The maximum Gasteiger partial charge on any atom is 0.338 e. The SMILES string of the molecule is O=C(O)c1cc(NCc2cc(F)c(F)c(F)c2)ccc1F. The van der Waals surface area contributed by atoms with Gasteiger partial charge in [-0.3, -0.25) is 0 Å². The quantitative estimate of drug-likeness (QED) is 0.670. The average Bonchev–Trinajstić information content (AvgIpc) is 2.43. The van der Waals surface area contributed by atoms with Gasteiger partial charge in [0.05, 0.1) is 5.56 Å². The number of hydrogen-bond donors (Lipinski definition) is 2. The van der Waals surface area contributed by atoms with Gasteiger partial charge >= 0.3 is 5.97 Å². The molecule has 2 N–H and O–H groups in total. The van der Waals surface area contributed by atoms with E-state index in [1.54, 1.807) is 0 Å². The predicted octanol–water partition coefficient (Wildman–Crippen LogP) is 3.55. The summed E-state index contributed by atoms with van der Waals surface area (Å²) in [5, 5.41) is 11.4. The number of halogens is 4. The molecule has 0 bridgehead atoms. The van der Waals surface area contributed by atoms with Crippen LogP contribution in [0.5, 0.6) is 0 Å². The Morgan fingerprint density at radius 1 is 1.00 bits per heavy atom. The summed E-state index contributed by atoms with van der Waals surface area (Å²) in [6, 6.07) is 4.91. The van der Waals surface area contributed by atoms with Crippen molar-refractivity contribution in [2.75, 3.05) is 5.32 Å². The lowest BCUT2D eigenvalue weighted by molar-refractivity contribution is 0.0692. The highest BCUT2D eigenvalue weighted by molar-refractivity contribution is 5.89. The topological polar surface area (TPSA) is 49.3 Å². The van der Waals surface area contributed by atoms with Gasteiger partial charge in [0, 0.05) is 12.2 Å². The van der Waals surface area contributed by atoms with Crippen molar-refractivity contribution in [1.82, 2.24) is 0 Å². The number of anilines is 1. The second kappa shape index (κ2) is 5.82. The van der Waals surface area contributed by atoms with E-state index in [4.69, 9.17) is 5.11 Å². The van der Waals surface area contributed by atoms with Crippen LogP contribution in [-0.2, 0) is 6.54 Å². The molecule has 3 nitrogen and oxygen atoms in total. The van der Waals surface area contributed by atoms with Crippen LogP contribution in [0.15, 0.2) is 30.3 Å². The van der Waals surface area contributed by atoms with Crippen LogP contribution in [0, 0.1) is 23.3 Å². The molecular weight excluding hydrogens is 290 g/mol. The summed E-state index contributed by atoms with van der Waals surface area (Å²) in [6.07, 6.45) is 0. The van der Waals surface area contributed by atoms with E-state index >= 15 is 0 Å². The molecule has 21 heavy (non-hydrogen) atoms. The Balaban J connectivity index is 2.17. The van der Waals surface area contributed by atoms with Crippen LogP contribution in [0.4, 0.5) is 23.2 Å². The molecule has 0 aromatic heterocycles. The summed E-state index contributed by atoms with van der Waals surface area (Å²) in [5.74, 6) is -6.54. The minimum absolute atomic E-state index is 0.0845. The second-order valence-electron chi connectivity index (χ2n) is 4.23. The Hall–Kier alpha value is -2.57. The standard InChI is InChI=1S/C14H9F4NO2/c15-10-2-1-8(5-9(10)14(20)21)19-6-7-3-11(16)13(18)12(17)4-7/h1-5,19H,6H2,(H,20,21). The molecule has 0 saturated heterocycles. The fourth-order valence-corrected chi connectivity index (χ4v) is 1.71. The van der Waals surface area contributed by atoms with Crippen LogP contribution in [0.25, 0.3) is 0 Å². The first-order valence-electron chi connectivity index (χ1n) is 5.78. The van der Waals surface area contributed by atoms with Gasteiger partial charge in [0.25, 0.3) is 0 Å². The maximum absolute atomic E-state index is 13.2. The minimum Gasteiger partial charge on any atom is -0.478 e. The van der Waals surface area contributed by atoms with Gasteiger partial charge in [0.1, 0.15) is 5.82 Å².